The summed E-state index contributed by atoms with van der Waals surface area (Å²) in [5.41, 5.74) is -1.71. The SMILES string of the molecule is C=C(O)/C(=C\C(C)(C)O)B1OC(C)(C)C(C)(C)O1. The van der Waals surface area contributed by atoms with Gasteiger partial charge in [-0.3, -0.25) is 0 Å². The molecule has 0 aromatic carbocycles. The zero-order chi connectivity index (χ0) is 14.4. The summed E-state index contributed by atoms with van der Waals surface area (Å²) in [5, 5.41) is 19.5. The highest BCUT2D eigenvalue weighted by atomic mass is 16.7. The lowest BCUT2D eigenvalue weighted by atomic mass is 9.75. The van der Waals surface area contributed by atoms with E-state index in [1.165, 1.54) is 6.08 Å². The molecule has 0 aromatic rings. The Morgan fingerprint density at radius 1 is 1.17 bits per heavy atom. The van der Waals surface area contributed by atoms with E-state index >= 15 is 0 Å². The number of rotatable bonds is 3. The number of hydrogen-bond acceptors (Lipinski definition) is 4. The van der Waals surface area contributed by atoms with Gasteiger partial charge in [0.1, 0.15) is 5.76 Å². The Hall–Kier alpha value is -0.775. The first-order valence-corrected chi connectivity index (χ1v) is 6.05. The summed E-state index contributed by atoms with van der Waals surface area (Å²) < 4.78 is 11.6. The summed E-state index contributed by atoms with van der Waals surface area (Å²) in [6, 6.07) is 0. The van der Waals surface area contributed by atoms with E-state index in [9.17, 15) is 10.2 Å². The molecule has 1 rings (SSSR count). The molecule has 1 saturated heterocycles. The van der Waals surface area contributed by atoms with Crippen LogP contribution in [0.3, 0.4) is 0 Å². The maximum atomic E-state index is 9.82. The number of aliphatic hydroxyl groups is 2. The summed E-state index contributed by atoms with van der Waals surface area (Å²) in [6.07, 6.45) is 1.50. The van der Waals surface area contributed by atoms with Gasteiger partial charge in [-0.25, -0.2) is 0 Å². The molecule has 2 N–H and O–H groups in total. The van der Waals surface area contributed by atoms with Gasteiger partial charge in [-0.2, -0.15) is 0 Å². The van der Waals surface area contributed by atoms with Gasteiger partial charge in [-0.1, -0.05) is 12.7 Å². The van der Waals surface area contributed by atoms with Gasteiger partial charge < -0.3 is 19.5 Å². The largest absolute Gasteiger partial charge is 0.509 e. The molecule has 102 valence electrons. The monoisotopic (exact) mass is 254 g/mol. The van der Waals surface area contributed by atoms with Crippen LogP contribution in [0.25, 0.3) is 0 Å². The van der Waals surface area contributed by atoms with Crippen molar-refractivity contribution < 1.29 is 19.5 Å². The molecular formula is C13H23BO4. The lowest BCUT2D eigenvalue weighted by Gasteiger charge is -2.32. The van der Waals surface area contributed by atoms with E-state index in [1.807, 2.05) is 27.7 Å². The quantitative estimate of drug-likeness (QED) is 0.461. The van der Waals surface area contributed by atoms with Crippen LogP contribution in [-0.2, 0) is 9.31 Å². The van der Waals surface area contributed by atoms with Gasteiger partial charge in [0.2, 0.25) is 0 Å². The van der Waals surface area contributed by atoms with Gasteiger partial charge in [0, 0.05) is 5.47 Å². The summed E-state index contributed by atoms with van der Waals surface area (Å²) in [5.74, 6) is -0.157. The van der Waals surface area contributed by atoms with Crippen molar-refractivity contribution in [2.45, 2.75) is 58.3 Å². The second kappa shape index (κ2) is 4.40. The molecule has 5 heteroatoms. The predicted molar refractivity (Wildman–Crippen MR) is 72.2 cm³/mol. The molecule has 0 aliphatic carbocycles. The number of allylic oxidation sites excluding steroid dienone is 1. The average molecular weight is 254 g/mol. The minimum atomic E-state index is -1.08. The van der Waals surface area contributed by atoms with Gasteiger partial charge in [0.05, 0.1) is 16.8 Å². The highest BCUT2D eigenvalue weighted by Gasteiger charge is 2.53. The smallest absolute Gasteiger partial charge is 0.498 e. The maximum absolute atomic E-state index is 9.82. The third-order valence-electron chi connectivity index (χ3n) is 3.35. The van der Waals surface area contributed by atoms with Gasteiger partial charge >= 0.3 is 7.12 Å². The predicted octanol–water partition coefficient (Wildman–Crippen LogP) is 2.39. The molecule has 1 fully saturated rings. The molecule has 0 spiro atoms. The zero-order valence-electron chi connectivity index (χ0n) is 12.1. The van der Waals surface area contributed by atoms with Crippen molar-refractivity contribution in [2.24, 2.45) is 0 Å². The van der Waals surface area contributed by atoms with E-state index < -0.39 is 23.9 Å². The third kappa shape index (κ3) is 3.16. The fourth-order valence-electron chi connectivity index (χ4n) is 1.64. The van der Waals surface area contributed by atoms with Crippen molar-refractivity contribution >= 4 is 7.12 Å². The van der Waals surface area contributed by atoms with Crippen LogP contribution >= 0.6 is 0 Å². The molecule has 4 nitrogen and oxygen atoms in total. The van der Waals surface area contributed by atoms with Crippen LogP contribution in [0.4, 0.5) is 0 Å². The Morgan fingerprint density at radius 2 is 1.56 bits per heavy atom. The second-order valence-corrected chi connectivity index (χ2v) is 6.29. The van der Waals surface area contributed by atoms with E-state index in [0.717, 1.165) is 0 Å². The molecule has 0 unspecified atom stereocenters. The molecule has 1 aliphatic rings. The van der Waals surface area contributed by atoms with Crippen molar-refractivity contribution in [3.63, 3.8) is 0 Å². The molecule has 1 aliphatic heterocycles. The lowest BCUT2D eigenvalue weighted by Crippen LogP contribution is -2.41. The van der Waals surface area contributed by atoms with Crippen molar-refractivity contribution in [2.75, 3.05) is 0 Å². The Labute approximate surface area is 109 Å². The Kier molecular flexibility index (Phi) is 3.74. The normalized spacial score (nSPS) is 23.3. The minimum absolute atomic E-state index is 0.157. The van der Waals surface area contributed by atoms with E-state index in [-0.39, 0.29) is 5.76 Å². The minimum Gasteiger partial charge on any atom is -0.509 e. The average Bonchev–Trinajstić information content (AvgIpc) is 2.30. The molecule has 0 atom stereocenters. The van der Waals surface area contributed by atoms with Crippen LogP contribution in [-0.4, -0.2) is 34.1 Å². The van der Waals surface area contributed by atoms with Crippen LogP contribution < -0.4 is 0 Å². The zero-order valence-corrected chi connectivity index (χ0v) is 12.1. The van der Waals surface area contributed by atoms with Crippen LogP contribution in [0.15, 0.2) is 23.9 Å². The van der Waals surface area contributed by atoms with E-state index in [4.69, 9.17) is 9.31 Å². The van der Waals surface area contributed by atoms with Crippen LogP contribution in [0.5, 0.6) is 0 Å². The Balaban J connectivity index is 3.07. The Bertz CT molecular complexity index is 361. The number of aliphatic hydroxyl groups excluding tert-OH is 1. The first kappa shape index (κ1) is 15.3. The Morgan fingerprint density at radius 3 is 1.83 bits per heavy atom. The van der Waals surface area contributed by atoms with Crippen molar-refractivity contribution in [3.8, 4) is 0 Å². The highest BCUT2D eigenvalue weighted by molar-refractivity contribution is 6.56. The van der Waals surface area contributed by atoms with E-state index in [2.05, 4.69) is 6.58 Å². The van der Waals surface area contributed by atoms with E-state index in [0.29, 0.717) is 5.47 Å². The van der Waals surface area contributed by atoms with Crippen molar-refractivity contribution in [1.82, 2.24) is 0 Å². The maximum Gasteiger partial charge on any atom is 0.498 e. The lowest BCUT2D eigenvalue weighted by molar-refractivity contribution is 0.00578. The molecule has 1 heterocycles. The summed E-state index contributed by atoms with van der Waals surface area (Å²) in [4.78, 5) is 0. The first-order chi connectivity index (χ1) is 7.86. The first-order valence-electron chi connectivity index (χ1n) is 6.05. The fourth-order valence-corrected chi connectivity index (χ4v) is 1.64. The van der Waals surface area contributed by atoms with Crippen molar-refractivity contribution in [3.05, 3.63) is 23.9 Å². The third-order valence-corrected chi connectivity index (χ3v) is 3.35. The number of hydrogen-bond donors (Lipinski definition) is 2. The second-order valence-electron chi connectivity index (χ2n) is 6.29. The van der Waals surface area contributed by atoms with Gasteiger partial charge in [-0.05, 0) is 41.5 Å². The van der Waals surface area contributed by atoms with Gasteiger partial charge in [-0.15, -0.1) is 0 Å². The van der Waals surface area contributed by atoms with Crippen molar-refractivity contribution in [1.29, 1.82) is 0 Å². The molecule has 0 bridgehead atoms. The summed E-state index contributed by atoms with van der Waals surface area (Å²) >= 11 is 0. The molecule has 0 saturated carbocycles. The molecule has 0 aromatic heterocycles. The van der Waals surface area contributed by atoms with E-state index in [1.54, 1.807) is 13.8 Å². The topological polar surface area (TPSA) is 58.9 Å². The summed E-state index contributed by atoms with van der Waals surface area (Å²) in [7, 11) is -0.723. The standard InChI is InChI=1S/C13H23BO4/c1-9(15)10(8-11(2,3)16)14-17-12(4,5)13(6,7)18-14/h8,15-16H,1H2,2-7H3/b10-8+. The fraction of sp³-hybridized carbons (Fsp3) is 0.692. The molecular weight excluding hydrogens is 231 g/mol. The van der Waals surface area contributed by atoms with Crippen LogP contribution in [0.2, 0.25) is 0 Å². The van der Waals surface area contributed by atoms with Gasteiger partial charge in [0.15, 0.2) is 0 Å². The van der Waals surface area contributed by atoms with Gasteiger partial charge in [0.25, 0.3) is 0 Å². The molecule has 0 amide bonds. The van der Waals surface area contributed by atoms with Crippen LogP contribution in [0, 0.1) is 0 Å². The molecule has 0 radical (unpaired) electrons. The molecule has 18 heavy (non-hydrogen) atoms. The summed E-state index contributed by atoms with van der Waals surface area (Å²) in [6.45, 7) is 14.4. The van der Waals surface area contributed by atoms with Crippen LogP contribution in [0.1, 0.15) is 41.5 Å². The highest BCUT2D eigenvalue weighted by Crippen LogP contribution is 2.39.